The van der Waals surface area contributed by atoms with E-state index in [0.29, 0.717) is 30.9 Å². The van der Waals surface area contributed by atoms with Crippen LogP contribution in [-0.2, 0) is 21.5 Å². The average Bonchev–Trinajstić information content (AvgIpc) is 3.42. The van der Waals surface area contributed by atoms with Gasteiger partial charge in [0, 0.05) is 35.1 Å². The van der Waals surface area contributed by atoms with Crippen molar-refractivity contribution in [2.24, 2.45) is 0 Å². The molecule has 1 unspecified atom stereocenters. The number of ether oxygens (including phenoxy) is 2. The Labute approximate surface area is 210 Å². The van der Waals surface area contributed by atoms with Crippen molar-refractivity contribution >= 4 is 17.7 Å². The van der Waals surface area contributed by atoms with Crippen LogP contribution in [0.15, 0.2) is 42.5 Å². The minimum atomic E-state index is -0.616. The van der Waals surface area contributed by atoms with Crippen LogP contribution in [0, 0.1) is 0 Å². The number of fused-ring (bicyclic) bond motifs is 3. The third kappa shape index (κ3) is 4.03. The zero-order valence-electron chi connectivity index (χ0n) is 20.3. The zero-order chi connectivity index (χ0) is 24.7. The molecule has 0 aromatic heterocycles. The van der Waals surface area contributed by atoms with Crippen molar-refractivity contribution in [3.63, 3.8) is 0 Å². The third-order valence-electron chi connectivity index (χ3n) is 8.19. The maximum Gasteiger partial charge on any atom is 0.255 e. The van der Waals surface area contributed by atoms with Crippen molar-refractivity contribution in [3.8, 4) is 11.5 Å². The Kier molecular flexibility index (Phi) is 5.91. The first-order valence-corrected chi connectivity index (χ1v) is 12.9. The fourth-order valence-electron chi connectivity index (χ4n) is 6.11. The molecule has 2 fully saturated rings. The third-order valence-corrected chi connectivity index (χ3v) is 8.19. The van der Waals surface area contributed by atoms with E-state index in [1.54, 1.807) is 11.0 Å². The molecule has 6 rings (SSSR count). The van der Waals surface area contributed by atoms with E-state index in [0.717, 1.165) is 56.8 Å². The van der Waals surface area contributed by atoms with Crippen LogP contribution >= 0.6 is 0 Å². The highest BCUT2D eigenvalue weighted by Gasteiger charge is 2.43. The molecule has 1 atom stereocenters. The fraction of sp³-hybridized carbons (Fsp3) is 0.464. The van der Waals surface area contributed by atoms with Crippen LogP contribution in [0.25, 0.3) is 0 Å². The number of benzene rings is 2. The van der Waals surface area contributed by atoms with Gasteiger partial charge in [-0.15, -0.1) is 0 Å². The lowest BCUT2D eigenvalue weighted by atomic mass is 9.74. The van der Waals surface area contributed by atoms with Crippen molar-refractivity contribution in [2.75, 3.05) is 32.8 Å². The summed E-state index contributed by atoms with van der Waals surface area (Å²) in [5.41, 5.74) is 2.94. The second kappa shape index (κ2) is 9.24. The zero-order valence-corrected chi connectivity index (χ0v) is 20.3. The van der Waals surface area contributed by atoms with E-state index in [-0.39, 0.29) is 23.7 Å². The molecule has 1 N–H and O–H groups in total. The smallest absolute Gasteiger partial charge is 0.255 e. The highest BCUT2D eigenvalue weighted by atomic mass is 16.5. The van der Waals surface area contributed by atoms with Crippen LogP contribution in [-0.4, -0.2) is 66.4 Å². The Morgan fingerprint density at radius 2 is 1.89 bits per heavy atom. The molecular formula is C28H31N3O5. The van der Waals surface area contributed by atoms with Crippen LogP contribution in [0.2, 0.25) is 0 Å². The molecule has 36 heavy (non-hydrogen) atoms. The van der Waals surface area contributed by atoms with E-state index in [2.05, 4.69) is 28.4 Å². The van der Waals surface area contributed by atoms with E-state index < -0.39 is 11.9 Å². The Bertz CT molecular complexity index is 1200. The Morgan fingerprint density at radius 1 is 1.06 bits per heavy atom. The summed E-state index contributed by atoms with van der Waals surface area (Å²) in [7, 11) is 0. The average molecular weight is 490 g/mol. The molecule has 1 spiro atoms. The SMILES string of the molecule is O=C1CCC(N2Cc3c(OCCCN4CCC5(CC4)COc4ccccc45)cccc3C2=O)C(=O)N1. The van der Waals surface area contributed by atoms with Gasteiger partial charge < -0.3 is 19.3 Å². The van der Waals surface area contributed by atoms with Crippen molar-refractivity contribution in [2.45, 2.75) is 50.1 Å². The van der Waals surface area contributed by atoms with E-state index in [1.807, 2.05) is 18.2 Å². The number of carbonyl (C=O) groups excluding carboxylic acids is 3. The molecule has 4 aliphatic rings. The van der Waals surface area contributed by atoms with E-state index in [1.165, 1.54) is 5.56 Å². The summed E-state index contributed by atoms with van der Waals surface area (Å²) in [4.78, 5) is 40.9. The second-order valence-corrected chi connectivity index (χ2v) is 10.3. The lowest BCUT2D eigenvalue weighted by Gasteiger charge is -2.38. The van der Waals surface area contributed by atoms with Crippen molar-refractivity contribution in [1.82, 2.24) is 15.1 Å². The predicted octanol–water partition coefficient (Wildman–Crippen LogP) is 2.64. The van der Waals surface area contributed by atoms with E-state index in [4.69, 9.17) is 9.47 Å². The number of carbonyl (C=O) groups is 3. The normalized spacial score (nSPS) is 22.8. The summed E-state index contributed by atoms with van der Waals surface area (Å²) in [6.45, 7) is 4.75. The number of nitrogens with zero attached hydrogens (tertiary/aromatic N) is 2. The van der Waals surface area contributed by atoms with Gasteiger partial charge >= 0.3 is 0 Å². The maximum atomic E-state index is 13.0. The van der Waals surface area contributed by atoms with Crippen LogP contribution in [0.4, 0.5) is 0 Å². The molecule has 8 nitrogen and oxygen atoms in total. The van der Waals surface area contributed by atoms with Gasteiger partial charge in [0.05, 0.1) is 19.8 Å². The number of para-hydroxylation sites is 1. The van der Waals surface area contributed by atoms with Gasteiger partial charge in [-0.1, -0.05) is 24.3 Å². The second-order valence-electron chi connectivity index (χ2n) is 10.3. The lowest BCUT2D eigenvalue weighted by Crippen LogP contribution is -2.52. The number of piperidine rings is 2. The highest BCUT2D eigenvalue weighted by molar-refractivity contribution is 6.05. The number of hydrogen-bond donors (Lipinski definition) is 1. The molecule has 0 aliphatic carbocycles. The molecular weight excluding hydrogens is 458 g/mol. The molecule has 0 saturated carbocycles. The number of imide groups is 1. The molecule has 2 aromatic rings. The van der Waals surface area contributed by atoms with Crippen LogP contribution in [0.3, 0.4) is 0 Å². The van der Waals surface area contributed by atoms with E-state index >= 15 is 0 Å². The number of rotatable bonds is 6. The molecule has 0 radical (unpaired) electrons. The Hall–Kier alpha value is -3.39. The van der Waals surface area contributed by atoms with Crippen molar-refractivity contribution < 1.29 is 23.9 Å². The van der Waals surface area contributed by atoms with Gasteiger partial charge in [0.1, 0.15) is 17.5 Å². The Morgan fingerprint density at radius 3 is 2.72 bits per heavy atom. The molecule has 4 heterocycles. The highest BCUT2D eigenvalue weighted by Crippen LogP contribution is 2.45. The Balaban J connectivity index is 1.01. The van der Waals surface area contributed by atoms with Gasteiger partial charge in [-0.2, -0.15) is 0 Å². The first-order valence-electron chi connectivity index (χ1n) is 12.9. The minimum absolute atomic E-state index is 0.162. The summed E-state index contributed by atoms with van der Waals surface area (Å²) < 4.78 is 12.1. The van der Waals surface area contributed by atoms with Gasteiger partial charge in [-0.3, -0.25) is 19.7 Å². The number of nitrogens with one attached hydrogen (secondary N) is 1. The number of hydrogen-bond acceptors (Lipinski definition) is 6. The summed E-state index contributed by atoms with van der Waals surface area (Å²) >= 11 is 0. The summed E-state index contributed by atoms with van der Waals surface area (Å²) in [5.74, 6) is 0.891. The molecule has 188 valence electrons. The predicted molar refractivity (Wildman–Crippen MR) is 132 cm³/mol. The molecule has 2 aromatic carbocycles. The standard InChI is InChI=1S/C28H31N3O5/c32-25-10-9-22(26(33)29-25)31-17-20-19(27(31)34)5-3-8-23(20)35-16-4-13-30-14-11-28(12-15-30)18-36-24-7-2-1-6-21(24)28/h1-3,5-8,22H,4,9-18H2,(H,29,32,33). The van der Waals surface area contributed by atoms with Gasteiger partial charge in [0.2, 0.25) is 11.8 Å². The molecule has 3 amide bonds. The van der Waals surface area contributed by atoms with E-state index in [9.17, 15) is 14.4 Å². The van der Waals surface area contributed by atoms with Gasteiger partial charge in [-0.25, -0.2) is 0 Å². The van der Waals surface area contributed by atoms with Gasteiger partial charge in [0.25, 0.3) is 5.91 Å². The number of amides is 3. The fourth-order valence-corrected chi connectivity index (χ4v) is 6.11. The van der Waals surface area contributed by atoms with Gasteiger partial charge in [-0.05, 0) is 57.0 Å². The summed E-state index contributed by atoms with van der Waals surface area (Å²) in [6, 6.07) is 13.3. The number of likely N-dealkylation sites (tertiary alicyclic amines) is 1. The molecule has 2 saturated heterocycles. The molecule has 4 aliphatic heterocycles. The first kappa shape index (κ1) is 23.0. The molecule has 0 bridgehead atoms. The van der Waals surface area contributed by atoms with Gasteiger partial charge in [0.15, 0.2) is 0 Å². The molecule has 8 heteroatoms. The largest absolute Gasteiger partial charge is 0.493 e. The quantitative estimate of drug-likeness (QED) is 0.496. The monoisotopic (exact) mass is 489 g/mol. The van der Waals surface area contributed by atoms with Crippen LogP contribution in [0.1, 0.15) is 53.6 Å². The lowest BCUT2D eigenvalue weighted by molar-refractivity contribution is -0.136. The minimum Gasteiger partial charge on any atom is -0.493 e. The summed E-state index contributed by atoms with van der Waals surface area (Å²) in [5, 5.41) is 2.35. The topological polar surface area (TPSA) is 88.2 Å². The van der Waals surface area contributed by atoms with Crippen LogP contribution in [0.5, 0.6) is 11.5 Å². The summed E-state index contributed by atoms with van der Waals surface area (Å²) in [6.07, 6.45) is 3.71. The van der Waals surface area contributed by atoms with Crippen LogP contribution < -0.4 is 14.8 Å². The van der Waals surface area contributed by atoms with Crippen molar-refractivity contribution in [1.29, 1.82) is 0 Å². The maximum absolute atomic E-state index is 13.0. The van der Waals surface area contributed by atoms with Crippen molar-refractivity contribution in [3.05, 3.63) is 59.2 Å². The first-order chi connectivity index (χ1) is 17.5.